The van der Waals surface area contributed by atoms with Crippen LogP contribution in [0.5, 0.6) is 5.75 Å². The van der Waals surface area contributed by atoms with E-state index in [-0.39, 0.29) is 6.04 Å². The molecular formula is C13H17NO3. The molecule has 2 rings (SSSR count). The van der Waals surface area contributed by atoms with E-state index in [0.29, 0.717) is 13.0 Å². The Hall–Kier alpha value is -1.55. The molecule has 1 fully saturated rings. The van der Waals surface area contributed by atoms with Gasteiger partial charge in [0.05, 0.1) is 6.61 Å². The number of aliphatic carboxylic acids is 1. The van der Waals surface area contributed by atoms with Crippen LogP contribution in [0, 0.1) is 0 Å². The van der Waals surface area contributed by atoms with Crippen molar-refractivity contribution in [3.05, 3.63) is 29.8 Å². The number of carboxylic acid groups (broad SMARTS) is 1. The fourth-order valence-corrected chi connectivity index (χ4v) is 2.19. The molecule has 0 spiro atoms. The topological polar surface area (TPSA) is 58.6 Å². The number of nitrogens with one attached hydrogen (secondary N) is 1. The molecule has 0 saturated carbocycles. The molecule has 0 radical (unpaired) electrons. The van der Waals surface area contributed by atoms with Crippen molar-refractivity contribution in [2.75, 3.05) is 6.61 Å². The number of carboxylic acids is 1. The van der Waals surface area contributed by atoms with Crippen molar-refractivity contribution < 1.29 is 14.6 Å². The van der Waals surface area contributed by atoms with Crippen LogP contribution in [0.1, 0.15) is 31.4 Å². The number of benzene rings is 1. The van der Waals surface area contributed by atoms with Gasteiger partial charge in [0.2, 0.25) is 0 Å². The first kappa shape index (κ1) is 11.9. The highest BCUT2D eigenvalue weighted by Gasteiger charge is 2.29. The predicted molar refractivity (Wildman–Crippen MR) is 64.1 cm³/mol. The van der Waals surface area contributed by atoms with Gasteiger partial charge in [0, 0.05) is 6.04 Å². The van der Waals surface area contributed by atoms with E-state index in [1.807, 2.05) is 31.2 Å². The fraction of sp³-hybridized carbons (Fsp3) is 0.462. The molecule has 1 aromatic rings. The molecule has 4 nitrogen and oxygen atoms in total. The first-order valence-corrected chi connectivity index (χ1v) is 5.92. The lowest BCUT2D eigenvalue weighted by atomic mass is 10.1. The minimum absolute atomic E-state index is 0.122. The normalized spacial score (nSPS) is 23.6. The van der Waals surface area contributed by atoms with Crippen molar-refractivity contribution >= 4 is 5.97 Å². The van der Waals surface area contributed by atoms with E-state index < -0.39 is 12.0 Å². The van der Waals surface area contributed by atoms with Gasteiger partial charge in [-0.2, -0.15) is 0 Å². The summed E-state index contributed by atoms with van der Waals surface area (Å²) in [5, 5.41) is 12.1. The average Bonchev–Trinajstić information content (AvgIpc) is 2.79. The van der Waals surface area contributed by atoms with E-state index in [0.717, 1.165) is 17.7 Å². The van der Waals surface area contributed by atoms with Crippen LogP contribution in [0.15, 0.2) is 24.3 Å². The van der Waals surface area contributed by atoms with E-state index in [2.05, 4.69) is 5.32 Å². The summed E-state index contributed by atoms with van der Waals surface area (Å²) in [6.45, 7) is 2.58. The van der Waals surface area contributed by atoms with Crippen LogP contribution in [0.3, 0.4) is 0 Å². The highest BCUT2D eigenvalue weighted by atomic mass is 16.5. The number of carbonyl (C=O) groups is 1. The molecule has 0 bridgehead atoms. The van der Waals surface area contributed by atoms with Gasteiger partial charge in [-0.05, 0) is 37.5 Å². The predicted octanol–water partition coefficient (Wildman–Crippen LogP) is 1.96. The number of hydrogen-bond acceptors (Lipinski definition) is 3. The van der Waals surface area contributed by atoms with E-state index in [1.54, 1.807) is 0 Å². The summed E-state index contributed by atoms with van der Waals surface area (Å²) >= 11 is 0. The molecule has 4 heteroatoms. The zero-order chi connectivity index (χ0) is 12.3. The van der Waals surface area contributed by atoms with E-state index >= 15 is 0 Å². The highest BCUT2D eigenvalue weighted by molar-refractivity contribution is 5.73. The minimum Gasteiger partial charge on any atom is -0.494 e. The van der Waals surface area contributed by atoms with Gasteiger partial charge in [0.1, 0.15) is 11.8 Å². The lowest BCUT2D eigenvalue weighted by Crippen LogP contribution is -2.31. The van der Waals surface area contributed by atoms with Gasteiger partial charge in [-0.15, -0.1) is 0 Å². The Bertz CT molecular complexity index is 405. The van der Waals surface area contributed by atoms with Crippen LogP contribution in [0.4, 0.5) is 0 Å². The molecule has 0 aromatic heterocycles. The van der Waals surface area contributed by atoms with Gasteiger partial charge in [-0.3, -0.25) is 10.1 Å². The number of hydrogen-bond donors (Lipinski definition) is 2. The Balaban J connectivity index is 2.08. The second-order valence-electron chi connectivity index (χ2n) is 4.19. The molecule has 2 atom stereocenters. The monoisotopic (exact) mass is 235 g/mol. The van der Waals surface area contributed by atoms with Gasteiger partial charge in [-0.25, -0.2) is 0 Å². The summed E-state index contributed by atoms with van der Waals surface area (Å²) in [5.74, 6) is 0.0686. The molecule has 1 aliphatic rings. The van der Waals surface area contributed by atoms with E-state index in [1.165, 1.54) is 0 Å². The maximum atomic E-state index is 10.9. The van der Waals surface area contributed by atoms with Gasteiger partial charge in [0.15, 0.2) is 0 Å². The molecule has 92 valence electrons. The van der Waals surface area contributed by atoms with E-state index in [9.17, 15) is 4.79 Å². The molecule has 1 aliphatic heterocycles. The zero-order valence-corrected chi connectivity index (χ0v) is 9.85. The lowest BCUT2D eigenvalue weighted by molar-refractivity contribution is -0.139. The Morgan fingerprint density at radius 1 is 1.53 bits per heavy atom. The van der Waals surface area contributed by atoms with Crippen molar-refractivity contribution in [2.45, 2.75) is 31.8 Å². The van der Waals surface area contributed by atoms with Gasteiger partial charge < -0.3 is 9.84 Å². The molecule has 1 saturated heterocycles. The van der Waals surface area contributed by atoms with Crippen LogP contribution >= 0.6 is 0 Å². The summed E-state index contributed by atoms with van der Waals surface area (Å²) in [7, 11) is 0. The maximum Gasteiger partial charge on any atom is 0.320 e. The Morgan fingerprint density at radius 3 is 3.00 bits per heavy atom. The molecule has 1 heterocycles. The van der Waals surface area contributed by atoms with Gasteiger partial charge >= 0.3 is 5.97 Å². The van der Waals surface area contributed by atoms with Crippen LogP contribution in [0.25, 0.3) is 0 Å². The third-order valence-corrected chi connectivity index (χ3v) is 3.02. The first-order chi connectivity index (χ1) is 8.20. The summed E-state index contributed by atoms with van der Waals surface area (Å²) in [6, 6.07) is 7.54. The smallest absolute Gasteiger partial charge is 0.320 e. The van der Waals surface area contributed by atoms with Crippen LogP contribution < -0.4 is 10.1 Å². The van der Waals surface area contributed by atoms with Crippen LogP contribution in [-0.4, -0.2) is 23.7 Å². The Morgan fingerprint density at radius 2 is 2.35 bits per heavy atom. The lowest BCUT2D eigenvalue weighted by Gasteiger charge is -2.13. The SMILES string of the molecule is CCOc1cccc(C2CCC(C(=O)O)N2)c1. The van der Waals surface area contributed by atoms with Crippen molar-refractivity contribution in [3.63, 3.8) is 0 Å². The second-order valence-corrected chi connectivity index (χ2v) is 4.19. The van der Waals surface area contributed by atoms with Crippen molar-refractivity contribution in [1.29, 1.82) is 0 Å². The van der Waals surface area contributed by atoms with Crippen molar-refractivity contribution in [3.8, 4) is 5.75 Å². The first-order valence-electron chi connectivity index (χ1n) is 5.92. The molecule has 2 unspecified atom stereocenters. The van der Waals surface area contributed by atoms with Crippen molar-refractivity contribution in [2.24, 2.45) is 0 Å². The highest BCUT2D eigenvalue weighted by Crippen LogP contribution is 2.28. The summed E-state index contributed by atoms with van der Waals surface area (Å²) < 4.78 is 5.44. The maximum absolute atomic E-state index is 10.9. The van der Waals surface area contributed by atoms with Gasteiger partial charge in [-0.1, -0.05) is 12.1 Å². The van der Waals surface area contributed by atoms with Gasteiger partial charge in [0.25, 0.3) is 0 Å². The summed E-state index contributed by atoms with van der Waals surface area (Å²) in [5.41, 5.74) is 1.10. The summed E-state index contributed by atoms with van der Waals surface area (Å²) in [4.78, 5) is 10.9. The molecule has 0 aliphatic carbocycles. The van der Waals surface area contributed by atoms with Crippen molar-refractivity contribution in [1.82, 2.24) is 5.32 Å². The molecular weight excluding hydrogens is 218 g/mol. The Kier molecular flexibility index (Phi) is 3.64. The number of ether oxygens (including phenoxy) is 1. The standard InChI is InChI=1S/C13H17NO3/c1-2-17-10-5-3-4-9(8-10)11-6-7-12(14-11)13(15)16/h3-5,8,11-12,14H,2,6-7H2,1H3,(H,15,16). The van der Waals surface area contributed by atoms with Crippen LogP contribution in [-0.2, 0) is 4.79 Å². The fourth-order valence-electron chi connectivity index (χ4n) is 2.19. The Labute approximate surface area is 101 Å². The largest absolute Gasteiger partial charge is 0.494 e. The minimum atomic E-state index is -0.770. The average molecular weight is 235 g/mol. The third kappa shape index (κ3) is 2.77. The number of rotatable bonds is 4. The quantitative estimate of drug-likeness (QED) is 0.837. The van der Waals surface area contributed by atoms with Crippen LogP contribution in [0.2, 0.25) is 0 Å². The second kappa shape index (κ2) is 5.19. The molecule has 17 heavy (non-hydrogen) atoms. The summed E-state index contributed by atoms with van der Waals surface area (Å²) in [6.07, 6.45) is 1.53. The third-order valence-electron chi connectivity index (χ3n) is 3.02. The molecule has 0 amide bonds. The molecule has 2 N–H and O–H groups in total. The zero-order valence-electron chi connectivity index (χ0n) is 9.85. The van der Waals surface area contributed by atoms with E-state index in [4.69, 9.17) is 9.84 Å². The molecule has 1 aromatic carbocycles.